The molecule has 0 spiro atoms. The largest absolute Gasteiger partial charge is 0.355 e. The van der Waals surface area contributed by atoms with Crippen LogP contribution in [-0.4, -0.2) is 37.7 Å². The van der Waals surface area contributed by atoms with Crippen molar-refractivity contribution in [3.63, 3.8) is 0 Å². The summed E-state index contributed by atoms with van der Waals surface area (Å²) in [5.74, 6) is 2.18. The molecule has 1 atom stereocenters. The third-order valence-corrected chi connectivity index (χ3v) is 8.51. The standard InChI is InChI=1S/C30H36FN5/c1-19-7-6-10-36(16-19)17-24-13-25-21(3)11-26(27(31)28(25)33-24)22-8-5-9-23(12-22)30(14-20(2)15-30)29-34-32-18-35(29)4/h5,8-9,11-13,18-20,33H,6-7,10,14-17H2,1-4H3/t19-,20?,30?/m0/s1. The third-order valence-electron chi connectivity index (χ3n) is 8.51. The average molecular weight is 486 g/mol. The number of hydrogen-bond acceptors (Lipinski definition) is 3. The number of nitrogens with zero attached hydrogens (tertiary/aromatic N) is 4. The molecule has 36 heavy (non-hydrogen) atoms. The molecule has 2 aromatic carbocycles. The van der Waals surface area contributed by atoms with Crippen molar-refractivity contribution in [2.75, 3.05) is 13.1 Å². The maximum atomic E-state index is 16.0. The summed E-state index contributed by atoms with van der Waals surface area (Å²) in [5, 5.41) is 9.62. The summed E-state index contributed by atoms with van der Waals surface area (Å²) in [7, 11) is 2.01. The van der Waals surface area contributed by atoms with E-state index in [4.69, 9.17) is 0 Å². The van der Waals surface area contributed by atoms with E-state index >= 15 is 4.39 Å². The van der Waals surface area contributed by atoms with Crippen molar-refractivity contribution in [2.45, 2.75) is 58.4 Å². The van der Waals surface area contributed by atoms with Gasteiger partial charge in [0.25, 0.3) is 0 Å². The molecular formula is C30H36FN5. The monoisotopic (exact) mass is 485 g/mol. The van der Waals surface area contributed by atoms with Gasteiger partial charge in [0.2, 0.25) is 0 Å². The Morgan fingerprint density at radius 1 is 1.14 bits per heavy atom. The van der Waals surface area contributed by atoms with Crippen LogP contribution in [0.2, 0.25) is 0 Å². The lowest BCUT2D eigenvalue weighted by atomic mass is 9.58. The van der Waals surface area contributed by atoms with Crippen molar-refractivity contribution < 1.29 is 4.39 Å². The van der Waals surface area contributed by atoms with Gasteiger partial charge in [0.1, 0.15) is 12.2 Å². The van der Waals surface area contributed by atoms with Crippen LogP contribution in [0.25, 0.3) is 22.0 Å². The highest BCUT2D eigenvalue weighted by atomic mass is 19.1. The molecule has 0 amide bonds. The topological polar surface area (TPSA) is 49.7 Å². The first kappa shape index (κ1) is 23.4. The molecule has 1 aliphatic heterocycles. The van der Waals surface area contributed by atoms with Crippen LogP contribution < -0.4 is 0 Å². The molecular weight excluding hydrogens is 449 g/mol. The molecule has 5 nitrogen and oxygen atoms in total. The Kier molecular flexibility index (Phi) is 5.75. The molecule has 188 valence electrons. The van der Waals surface area contributed by atoms with Crippen LogP contribution in [0.4, 0.5) is 4.39 Å². The summed E-state index contributed by atoms with van der Waals surface area (Å²) in [4.78, 5) is 5.93. The number of likely N-dealkylation sites (tertiary alicyclic amines) is 1. The van der Waals surface area contributed by atoms with Gasteiger partial charge in [-0.05, 0) is 79.8 Å². The van der Waals surface area contributed by atoms with E-state index in [1.807, 2.05) is 23.7 Å². The number of nitrogens with one attached hydrogen (secondary N) is 1. The van der Waals surface area contributed by atoms with Gasteiger partial charge in [0.15, 0.2) is 5.82 Å². The highest BCUT2D eigenvalue weighted by molar-refractivity contribution is 5.89. The molecule has 0 bridgehead atoms. The molecule has 0 radical (unpaired) electrons. The van der Waals surface area contributed by atoms with E-state index in [1.54, 1.807) is 6.33 Å². The Hall–Kier alpha value is -2.99. The molecule has 6 rings (SSSR count). The molecule has 2 aliphatic rings. The lowest BCUT2D eigenvalue weighted by Gasteiger charge is -2.46. The fourth-order valence-electron chi connectivity index (χ4n) is 6.83. The quantitative estimate of drug-likeness (QED) is 0.358. The molecule has 0 unspecified atom stereocenters. The Labute approximate surface area is 212 Å². The maximum absolute atomic E-state index is 16.0. The minimum atomic E-state index is -0.166. The van der Waals surface area contributed by atoms with Gasteiger partial charge < -0.3 is 9.55 Å². The predicted molar refractivity (Wildman–Crippen MR) is 142 cm³/mol. The minimum Gasteiger partial charge on any atom is -0.355 e. The molecule has 1 N–H and O–H groups in total. The van der Waals surface area contributed by atoms with Crippen LogP contribution in [0.1, 0.15) is 62.2 Å². The molecule has 1 saturated carbocycles. The Bertz CT molecular complexity index is 1410. The van der Waals surface area contributed by atoms with Crippen LogP contribution in [0, 0.1) is 24.6 Å². The Morgan fingerprint density at radius 3 is 2.69 bits per heavy atom. The minimum absolute atomic E-state index is 0.165. The number of aryl methyl sites for hydroxylation is 2. The number of aromatic amines is 1. The van der Waals surface area contributed by atoms with Crippen LogP contribution in [0.5, 0.6) is 0 Å². The van der Waals surface area contributed by atoms with Crippen molar-refractivity contribution in [1.29, 1.82) is 0 Å². The first-order valence-corrected chi connectivity index (χ1v) is 13.3. The van der Waals surface area contributed by atoms with E-state index in [0.717, 1.165) is 66.4 Å². The molecule has 1 aliphatic carbocycles. The summed E-state index contributed by atoms with van der Waals surface area (Å²) in [5.41, 5.74) is 5.41. The van der Waals surface area contributed by atoms with Crippen LogP contribution >= 0.6 is 0 Å². The Balaban J connectivity index is 1.37. The van der Waals surface area contributed by atoms with Gasteiger partial charge in [-0.1, -0.05) is 38.1 Å². The van der Waals surface area contributed by atoms with Crippen LogP contribution in [-0.2, 0) is 19.0 Å². The van der Waals surface area contributed by atoms with Crippen molar-refractivity contribution in [2.24, 2.45) is 18.9 Å². The summed E-state index contributed by atoms with van der Waals surface area (Å²) in [6, 6.07) is 12.6. The van der Waals surface area contributed by atoms with Gasteiger partial charge in [0, 0.05) is 36.8 Å². The normalized spacial score (nSPS) is 24.8. The smallest absolute Gasteiger partial charge is 0.155 e. The van der Waals surface area contributed by atoms with E-state index in [-0.39, 0.29) is 11.2 Å². The number of fused-ring (bicyclic) bond motifs is 1. The zero-order valence-electron chi connectivity index (χ0n) is 21.8. The molecule has 1 saturated heterocycles. The fourth-order valence-corrected chi connectivity index (χ4v) is 6.83. The van der Waals surface area contributed by atoms with Crippen LogP contribution in [0.3, 0.4) is 0 Å². The van der Waals surface area contributed by atoms with Gasteiger partial charge in [-0.25, -0.2) is 4.39 Å². The number of piperidine rings is 1. The molecule has 2 fully saturated rings. The lowest BCUT2D eigenvalue weighted by molar-refractivity contribution is 0.175. The number of hydrogen-bond donors (Lipinski definition) is 1. The van der Waals surface area contributed by atoms with Gasteiger partial charge in [0.05, 0.1) is 10.9 Å². The SMILES string of the molecule is Cc1cc(-c2cccc(C3(c4nncn4C)CC(C)C3)c2)c(F)c2[nH]c(CN3CCC[C@H](C)C3)cc12. The molecule has 2 aromatic heterocycles. The first-order valence-electron chi connectivity index (χ1n) is 13.3. The lowest BCUT2D eigenvalue weighted by Crippen LogP contribution is -2.43. The summed E-state index contributed by atoms with van der Waals surface area (Å²) >= 11 is 0. The Morgan fingerprint density at radius 2 is 1.97 bits per heavy atom. The van der Waals surface area contributed by atoms with E-state index in [1.165, 1.54) is 18.4 Å². The molecule has 6 heteroatoms. The first-order chi connectivity index (χ1) is 17.3. The highest BCUT2D eigenvalue weighted by Gasteiger charge is 2.48. The van der Waals surface area contributed by atoms with Gasteiger partial charge >= 0.3 is 0 Å². The fraction of sp³-hybridized carbons (Fsp3) is 0.467. The van der Waals surface area contributed by atoms with Crippen LogP contribution in [0.15, 0.2) is 42.7 Å². The average Bonchev–Trinajstić information content (AvgIpc) is 3.46. The van der Waals surface area contributed by atoms with Crippen molar-refractivity contribution in [1.82, 2.24) is 24.6 Å². The molecule has 4 aromatic rings. The predicted octanol–water partition coefficient (Wildman–Crippen LogP) is 6.36. The summed E-state index contributed by atoms with van der Waals surface area (Å²) in [6.45, 7) is 9.76. The second-order valence-electron chi connectivity index (χ2n) is 11.6. The second kappa shape index (κ2) is 8.84. The zero-order chi connectivity index (χ0) is 25.0. The van der Waals surface area contributed by atoms with Gasteiger partial charge in [-0.3, -0.25) is 4.90 Å². The third kappa shape index (κ3) is 3.86. The highest BCUT2D eigenvalue weighted by Crippen LogP contribution is 2.52. The van der Waals surface area contributed by atoms with Gasteiger partial charge in [-0.2, -0.15) is 0 Å². The van der Waals surface area contributed by atoms with E-state index in [2.05, 4.69) is 65.1 Å². The maximum Gasteiger partial charge on any atom is 0.155 e. The second-order valence-corrected chi connectivity index (χ2v) is 11.6. The number of rotatable bonds is 5. The summed E-state index contributed by atoms with van der Waals surface area (Å²) < 4.78 is 18.1. The molecule has 3 heterocycles. The number of H-pyrrole nitrogens is 1. The van der Waals surface area contributed by atoms with E-state index in [9.17, 15) is 0 Å². The number of halogens is 1. The van der Waals surface area contributed by atoms with Gasteiger partial charge in [-0.15, -0.1) is 10.2 Å². The van der Waals surface area contributed by atoms with Crippen molar-refractivity contribution in [3.05, 3.63) is 71.2 Å². The van der Waals surface area contributed by atoms with Crippen molar-refractivity contribution in [3.8, 4) is 11.1 Å². The van der Waals surface area contributed by atoms with E-state index in [0.29, 0.717) is 17.0 Å². The summed E-state index contributed by atoms with van der Waals surface area (Å²) in [6.07, 6.45) is 6.37. The number of benzene rings is 2. The van der Waals surface area contributed by atoms with E-state index < -0.39 is 0 Å². The van der Waals surface area contributed by atoms with Crippen molar-refractivity contribution >= 4 is 10.9 Å². The zero-order valence-corrected chi connectivity index (χ0v) is 21.8. The number of aromatic nitrogens is 4.